The first-order valence-corrected chi connectivity index (χ1v) is 9.50. The van der Waals surface area contributed by atoms with Crippen LogP contribution in [-0.4, -0.2) is 54.4 Å². The maximum atomic E-state index is 12.7. The van der Waals surface area contributed by atoms with Crippen molar-refractivity contribution in [2.45, 2.75) is 45.1 Å². The molecule has 2 heterocycles. The number of hydrogen-bond donors (Lipinski definition) is 3. The number of rotatable bonds is 5. The number of aliphatic hydroxyl groups excluding tert-OH is 1. The Morgan fingerprint density at radius 2 is 2.12 bits per heavy atom. The zero-order chi connectivity index (χ0) is 18.5. The number of likely N-dealkylation sites (tertiary alicyclic amines) is 1. The van der Waals surface area contributed by atoms with E-state index in [0.29, 0.717) is 18.8 Å². The number of anilines is 2. The molecule has 7 heteroatoms. The molecule has 26 heavy (non-hydrogen) atoms. The van der Waals surface area contributed by atoms with Gasteiger partial charge < -0.3 is 20.6 Å². The normalized spacial score (nSPS) is 18.8. The highest BCUT2D eigenvalue weighted by molar-refractivity contribution is 5.96. The quantitative estimate of drug-likeness (QED) is 0.754. The highest BCUT2D eigenvalue weighted by atomic mass is 16.3. The van der Waals surface area contributed by atoms with Gasteiger partial charge >= 0.3 is 12.1 Å². The van der Waals surface area contributed by atoms with Gasteiger partial charge in [0.15, 0.2) is 0 Å². The Kier molecular flexibility index (Phi) is 5.98. The summed E-state index contributed by atoms with van der Waals surface area (Å²) in [7, 11) is 0. The van der Waals surface area contributed by atoms with Crippen LogP contribution in [0.3, 0.4) is 0 Å². The van der Waals surface area contributed by atoms with Crippen molar-refractivity contribution < 1.29 is 14.7 Å². The lowest BCUT2D eigenvalue weighted by atomic mass is 10.1. The van der Waals surface area contributed by atoms with E-state index in [9.17, 15) is 9.59 Å². The molecule has 1 aromatic rings. The Balaban J connectivity index is 1.68. The lowest BCUT2D eigenvalue weighted by Crippen LogP contribution is -2.39. The molecule has 4 amide bonds. The zero-order valence-electron chi connectivity index (χ0n) is 15.3. The second-order valence-corrected chi connectivity index (χ2v) is 6.87. The average Bonchev–Trinajstić information content (AvgIpc) is 3.26. The Morgan fingerprint density at radius 1 is 1.27 bits per heavy atom. The molecule has 1 fully saturated rings. The monoisotopic (exact) mass is 360 g/mol. The van der Waals surface area contributed by atoms with Gasteiger partial charge in [-0.1, -0.05) is 6.07 Å². The van der Waals surface area contributed by atoms with Crippen LogP contribution in [0.5, 0.6) is 0 Å². The SMILES string of the molecule is CCNC(=O)N1CCc2ccc(NC(=O)N3CCCC3CCCO)cc21. The molecular formula is C19H28N4O3. The molecule has 1 unspecified atom stereocenters. The molecule has 3 N–H and O–H groups in total. The van der Waals surface area contributed by atoms with Crippen molar-refractivity contribution in [3.05, 3.63) is 23.8 Å². The molecule has 0 aromatic heterocycles. The molecule has 142 valence electrons. The van der Waals surface area contributed by atoms with Gasteiger partial charge in [-0.2, -0.15) is 0 Å². The van der Waals surface area contributed by atoms with Gasteiger partial charge in [0.2, 0.25) is 0 Å². The molecule has 1 atom stereocenters. The molecule has 0 spiro atoms. The second-order valence-electron chi connectivity index (χ2n) is 6.87. The number of hydrogen-bond acceptors (Lipinski definition) is 3. The second kappa shape index (κ2) is 8.40. The Hall–Kier alpha value is -2.28. The summed E-state index contributed by atoms with van der Waals surface area (Å²) in [5, 5.41) is 14.8. The highest BCUT2D eigenvalue weighted by Crippen LogP contribution is 2.31. The summed E-state index contributed by atoms with van der Waals surface area (Å²) >= 11 is 0. The zero-order valence-corrected chi connectivity index (χ0v) is 15.3. The molecule has 0 radical (unpaired) electrons. The molecule has 0 bridgehead atoms. The van der Waals surface area contributed by atoms with Crippen molar-refractivity contribution in [2.75, 3.05) is 36.5 Å². The predicted octanol–water partition coefficient (Wildman–Crippen LogP) is 2.55. The van der Waals surface area contributed by atoms with E-state index in [0.717, 1.165) is 49.9 Å². The van der Waals surface area contributed by atoms with E-state index in [2.05, 4.69) is 10.6 Å². The Morgan fingerprint density at radius 3 is 2.88 bits per heavy atom. The summed E-state index contributed by atoms with van der Waals surface area (Å²) in [5.41, 5.74) is 2.70. The number of carbonyl (C=O) groups excluding carboxylic acids is 2. The number of urea groups is 2. The number of fused-ring (bicyclic) bond motifs is 1. The number of amides is 4. The number of aliphatic hydroxyl groups is 1. The smallest absolute Gasteiger partial charge is 0.322 e. The van der Waals surface area contributed by atoms with E-state index < -0.39 is 0 Å². The van der Waals surface area contributed by atoms with Crippen LogP contribution in [0.1, 0.15) is 38.2 Å². The lowest BCUT2D eigenvalue weighted by molar-refractivity contribution is 0.197. The minimum absolute atomic E-state index is 0.0988. The van der Waals surface area contributed by atoms with E-state index >= 15 is 0 Å². The Bertz CT molecular complexity index is 664. The summed E-state index contributed by atoms with van der Waals surface area (Å²) in [5.74, 6) is 0. The fourth-order valence-corrected chi connectivity index (χ4v) is 3.84. The molecule has 2 aliphatic rings. The van der Waals surface area contributed by atoms with Gasteiger partial charge in [0, 0.05) is 38.0 Å². The summed E-state index contributed by atoms with van der Waals surface area (Å²) in [6, 6.07) is 5.76. The van der Waals surface area contributed by atoms with Gasteiger partial charge in [0.25, 0.3) is 0 Å². The number of benzene rings is 1. The van der Waals surface area contributed by atoms with Gasteiger partial charge in [-0.15, -0.1) is 0 Å². The van der Waals surface area contributed by atoms with Crippen LogP contribution in [0, 0.1) is 0 Å². The van der Waals surface area contributed by atoms with Gasteiger partial charge in [0.05, 0.1) is 5.69 Å². The van der Waals surface area contributed by atoms with Crippen molar-refractivity contribution in [1.29, 1.82) is 0 Å². The van der Waals surface area contributed by atoms with Crippen molar-refractivity contribution in [3.8, 4) is 0 Å². The minimum Gasteiger partial charge on any atom is -0.396 e. The third-order valence-corrected chi connectivity index (χ3v) is 5.14. The molecule has 3 rings (SSSR count). The van der Waals surface area contributed by atoms with Crippen LogP contribution in [-0.2, 0) is 6.42 Å². The number of nitrogens with zero attached hydrogens (tertiary/aromatic N) is 2. The molecular weight excluding hydrogens is 332 g/mol. The maximum absolute atomic E-state index is 12.7. The molecule has 2 aliphatic heterocycles. The fraction of sp³-hybridized carbons (Fsp3) is 0.579. The van der Waals surface area contributed by atoms with E-state index in [1.807, 2.05) is 30.0 Å². The lowest BCUT2D eigenvalue weighted by Gasteiger charge is -2.25. The summed E-state index contributed by atoms with van der Waals surface area (Å²) < 4.78 is 0. The predicted molar refractivity (Wildman–Crippen MR) is 102 cm³/mol. The number of carbonyl (C=O) groups is 2. The third-order valence-electron chi connectivity index (χ3n) is 5.14. The fourth-order valence-electron chi connectivity index (χ4n) is 3.84. The van der Waals surface area contributed by atoms with E-state index in [-0.39, 0.29) is 24.7 Å². The van der Waals surface area contributed by atoms with Crippen molar-refractivity contribution in [1.82, 2.24) is 10.2 Å². The summed E-state index contributed by atoms with van der Waals surface area (Å²) in [6.07, 6.45) is 4.37. The first-order chi connectivity index (χ1) is 12.6. The summed E-state index contributed by atoms with van der Waals surface area (Å²) in [4.78, 5) is 28.5. The molecule has 1 aromatic carbocycles. The van der Waals surface area contributed by atoms with Crippen LogP contribution in [0.25, 0.3) is 0 Å². The molecule has 1 saturated heterocycles. The van der Waals surface area contributed by atoms with Gasteiger partial charge in [-0.05, 0) is 56.7 Å². The topological polar surface area (TPSA) is 84.9 Å². The van der Waals surface area contributed by atoms with E-state index in [1.54, 1.807) is 4.90 Å². The van der Waals surface area contributed by atoms with Crippen molar-refractivity contribution >= 4 is 23.4 Å². The van der Waals surface area contributed by atoms with Crippen LogP contribution in [0.2, 0.25) is 0 Å². The Labute approximate surface area is 154 Å². The van der Waals surface area contributed by atoms with Crippen LogP contribution in [0.15, 0.2) is 18.2 Å². The van der Waals surface area contributed by atoms with Gasteiger partial charge in [-0.3, -0.25) is 4.90 Å². The largest absolute Gasteiger partial charge is 0.396 e. The first-order valence-electron chi connectivity index (χ1n) is 9.50. The first kappa shape index (κ1) is 18.5. The minimum atomic E-state index is -0.104. The van der Waals surface area contributed by atoms with Crippen LogP contribution >= 0.6 is 0 Å². The maximum Gasteiger partial charge on any atom is 0.322 e. The van der Waals surface area contributed by atoms with Crippen LogP contribution in [0.4, 0.5) is 21.0 Å². The van der Waals surface area contributed by atoms with Crippen molar-refractivity contribution in [3.63, 3.8) is 0 Å². The third kappa shape index (κ3) is 3.93. The standard InChI is InChI=1S/C19H28N4O3/c1-2-20-18(25)23-11-9-14-7-8-15(13-17(14)23)21-19(26)22-10-3-5-16(22)6-4-12-24/h7-8,13,16,24H,2-6,9-12H2,1H3,(H,20,25)(H,21,26). The molecule has 7 nitrogen and oxygen atoms in total. The number of nitrogens with one attached hydrogen (secondary N) is 2. The molecule has 0 aliphatic carbocycles. The van der Waals surface area contributed by atoms with Crippen LogP contribution < -0.4 is 15.5 Å². The molecule has 0 saturated carbocycles. The van der Waals surface area contributed by atoms with E-state index in [4.69, 9.17) is 5.11 Å². The van der Waals surface area contributed by atoms with Gasteiger partial charge in [0.1, 0.15) is 0 Å². The van der Waals surface area contributed by atoms with Gasteiger partial charge in [-0.25, -0.2) is 9.59 Å². The highest BCUT2D eigenvalue weighted by Gasteiger charge is 2.29. The average molecular weight is 360 g/mol. The van der Waals surface area contributed by atoms with Crippen molar-refractivity contribution in [2.24, 2.45) is 0 Å². The summed E-state index contributed by atoms with van der Waals surface area (Å²) in [6.45, 7) is 4.05. The van der Waals surface area contributed by atoms with E-state index in [1.165, 1.54) is 0 Å².